The number of carboxylic acids is 1. The summed E-state index contributed by atoms with van der Waals surface area (Å²) < 4.78 is 0. The van der Waals surface area contributed by atoms with Crippen molar-refractivity contribution in [2.75, 3.05) is 0 Å². The molecule has 0 saturated carbocycles. The number of allylic oxidation sites excluding steroid dienone is 1. The van der Waals surface area contributed by atoms with Crippen molar-refractivity contribution < 1.29 is 9.90 Å². The molecule has 0 unspecified atom stereocenters. The van der Waals surface area contributed by atoms with Crippen LogP contribution in [0.25, 0.3) is 5.57 Å². The van der Waals surface area contributed by atoms with E-state index in [4.69, 9.17) is 5.11 Å². The Morgan fingerprint density at radius 2 is 1.68 bits per heavy atom. The summed E-state index contributed by atoms with van der Waals surface area (Å²) in [6, 6.07) is 8.28. The van der Waals surface area contributed by atoms with Crippen LogP contribution in [0, 0.1) is 11.8 Å². The summed E-state index contributed by atoms with van der Waals surface area (Å²) in [5.41, 5.74) is 3.22. The Morgan fingerprint density at radius 3 is 2.11 bits per heavy atom. The summed E-state index contributed by atoms with van der Waals surface area (Å²) in [5, 5.41) is 8.96. The van der Waals surface area contributed by atoms with Crippen LogP contribution < -0.4 is 0 Å². The van der Waals surface area contributed by atoms with E-state index in [1.54, 1.807) is 0 Å². The minimum Gasteiger partial charge on any atom is -0.478 e. The number of hydrogen-bond acceptors (Lipinski definition) is 1. The van der Waals surface area contributed by atoms with Gasteiger partial charge in [-0.05, 0) is 41.4 Å². The summed E-state index contributed by atoms with van der Waals surface area (Å²) in [7, 11) is 0. The molecule has 2 nitrogen and oxygen atoms in total. The standard InChI is InChI=1S/C17H24O2/c1-12(2)9-14-5-7-15(8-6-14)16(10-13(3)4)11-17(18)19/h5-8,11-13H,9-10H2,1-4H3,(H,18,19)/b16-11+. The van der Waals surface area contributed by atoms with Crippen LogP contribution in [0.3, 0.4) is 0 Å². The third-order valence-electron chi connectivity index (χ3n) is 2.89. The van der Waals surface area contributed by atoms with Crippen molar-refractivity contribution >= 4 is 11.5 Å². The van der Waals surface area contributed by atoms with Gasteiger partial charge in [0.15, 0.2) is 0 Å². The fraction of sp³-hybridized carbons (Fsp3) is 0.471. The van der Waals surface area contributed by atoms with Crippen molar-refractivity contribution in [2.45, 2.75) is 40.5 Å². The third-order valence-corrected chi connectivity index (χ3v) is 2.89. The van der Waals surface area contributed by atoms with Gasteiger partial charge in [-0.15, -0.1) is 0 Å². The van der Waals surface area contributed by atoms with Gasteiger partial charge in [-0.3, -0.25) is 0 Å². The summed E-state index contributed by atoms with van der Waals surface area (Å²) in [6.07, 6.45) is 3.18. The van der Waals surface area contributed by atoms with E-state index >= 15 is 0 Å². The molecule has 0 amide bonds. The Kier molecular flexibility index (Phi) is 5.81. The molecule has 19 heavy (non-hydrogen) atoms. The van der Waals surface area contributed by atoms with Gasteiger partial charge in [0, 0.05) is 6.08 Å². The van der Waals surface area contributed by atoms with Gasteiger partial charge in [-0.1, -0.05) is 52.0 Å². The third kappa shape index (κ3) is 5.73. The SMILES string of the molecule is CC(C)C/C(=C\C(=O)O)c1ccc(CC(C)C)cc1. The molecule has 0 radical (unpaired) electrons. The predicted molar refractivity (Wildman–Crippen MR) is 80.1 cm³/mol. The zero-order valence-corrected chi connectivity index (χ0v) is 12.3. The molecule has 1 N–H and O–H groups in total. The van der Waals surface area contributed by atoms with E-state index < -0.39 is 5.97 Å². The van der Waals surface area contributed by atoms with Crippen LogP contribution >= 0.6 is 0 Å². The van der Waals surface area contributed by atoms with Gasteiger partial charge in [0.1, 0.15) is 0 Å². The van der Waals surface area contributed by atoms with E-state index in [0.29, 0.717) is 11.8 Å². The lowest BCUT2D eigenvalue weighted by molar-refractivity contribution is -0.131. The van der Waals surface area contributed by atoms with Crippen LogP contribution in [0.5, 0.6) is 0 Å². The molecule has 104 valence electrons. The van der Waals surface area contributed by atoms with E-state index in [1.165, 1.54) is 11.6 Å². The van der Waals surface area contributed by atoms with Crippen molar-refractivity contribution in [2.24, 2.45) is 11.8 Å². The second-order valence-corrected chi connectivity index (χ2v) is 5.90. The topological polar surface area (TPSA) is 37.3 Å². The van der Waals surface area contributed by atoms with Crippen LogP contribution in [0.15, 0.2) is 30.3 Å². The lowest BCUT2D eigenvalue weighted by atomic mass is 9.94. The first kappa shape index (κ1) is 15.5. The maximum absolute atomic E-state index is 10.9. The molecular formula is C17H24O2. The number of carboxylic acid groups (broad SMARTS) is 1. The minimum atomic E-state index is -0.873. The largest absolute Gasteiger partial charge is 0.478 e. The molecule has 1 aromatic rings. The van der Waals surface area contributed by atoms with E-state index in [1.807, 2.05) is 12.1 Å². The maximum atomic E-state index is 10.9. The highest BCUT2D eigenvalue weighted by Crippen LogP contribution is 2.23. The maximum Gasteiger partial charge on any atom is 0.328 e. The van der Waals surface area contributed by atoms with E-state index in [9.17, 15) is 4.79 Å². The number of hydrogen-bond donors (Lipinski definition) is 1. The number of aliphatic carboxylic acids is 1. The van der Waals surface area contributed by atoms with E-state index in [2.05, 4.69) is 39.8 Å². The molecule has 0 atom stereocenters. The first-order valence-corrected chi connectivity index (χ1v) is 6.91. The normalized spacial score (nSPS) is 12.2. The Bertz CT molecular complexity index is 439. The summed E-state index contributed by atoms with van der Waals surface area (Å²) in [4.78, 5) is 10.9. The summed E-state index contributed by atoms with van der Waals surface area (Å²) in [5.74, 6) is 0.207. The molecule has 0 saturated heterocycles. The molecule has 0 aromatic heterocycles. The summed E-state index contributed by atoms with van der Waals surface area (Å²) in [6.45, 7) is 8.59. The first-order valence-electron chi connectivity index (χ1n) is 6.91. The van der Waals surface area contributed by atoms with Crippen molar-refractivity contribution in [1.29, 1.82) is 0 Å². The number of carbonyl (C=O) groups is 1. The molecule has 0 aliphatic rings. The Morgan fingerprint density at radius 1 is 1.11 bits per heavy atom. The van der Waals surface area contributed by atoms with Gasteiger partial charge in [-0.2, -0.15) is 0 Å². The van der Waals surface area contributed by atoms with Crippen LogP contribution in [0.4, 0.5) is 0 Å². The quantitative estimate of drug-likeness (QED) is 0.770. The molecule has 0 spiro atoms. The zero-order valence-electron chi connectivity index (χ0n) is 12.3. The Hall–Kier alpha value is -1.57. The van der Waals surface area contributed by atoms with Gasteiger partial charge >= 0.3 is 5.97 Å². The lowest BCUT2D eigenvalue weighted by Crippen LogP contribution is -1.98. The summed E-state index contributed by atoms with van der Waals surface area (Å²) >= 11 is 0. The Labute approximate surface area is 116 Å². The molecule has 0 bridgehead atoms. The van der Waals surface area contributed by atoms with Crippen molar-refractivity contribution in [3.63, 3.8) is 0 Å². The molecule has 1 aromatic carbocycles. The van der Waals surface area contributed by atoms with Crippen LogP contribution in [0.1, 0.15) is 45.2 Å². The van der Waals surface area contributed by atoms with Gasteiger partial charge < -0.3 is 5.11 Å². The molecule has 0 heterocycles. The first-order chi connectivity index (χ1) is 8.88. The van der Waals surface area contributed by atoms with Crippen molar-refractivity contribution in [1.82, 2.24) is 0 Å². The zero-order chi connectivity index (χ0) is 14.4. The van der Waals surface area contributed by atoms with Crippen molar-refractivity contribution in [3.05, 3.63) is 41.5 Å². The second-order valence-electron chi connectivity index (χ2n) is 5.90. The fourth-order valence-electron chi connectivity index (χ4n) is 2.18. The van der Waals surface area contributed by atoms with E-state index in [-0.39, 0.29) is 0 Å². The highest BCUT2D eigenvalue weighted by Gasteiger charge is 2.07. The molecular weight excluding hydrogens is 236 g/mol. The number of rotatable bonds is 6. The van der Waals surface area contributed by atoms with Gasteiger partial charge in [0.25, 0.3) is 0 Å². The molecule has 1 rings (SSSR count). The van der Waals surface area contributed by atoms with Crippen LogP contribution in [-0.2, 0) is 11.2 Å². The molecule has 0 aliphatic carbocycles. The number of benzene rings is 1. The average molecular weight is 260 g/mol. The van der Waals surface area contributed by atoms with Gasteiger partial charge in [0.2, 0.25) is 0 Å². The average Bonchev–Trinajstić information content (AvgIpc) is 2.27. The Balaban J connectivity index is 2.94. The predicted octanol–water partition coefficient (Wildman–Crippen LogP) is 4.40. The van der Waals surface area contributed by atoms with Crippen molar-refractivity contribution in [3.8, 4) is 0 Å². The van der Waals surface area contributed by atoms with Crippen LogP contribution in [-0.4, -0.2) is 11.1 Å². The minimum absolute atomic E-state index is 0.445. The fourth-order valence-corrected chi connectivity index (χ4v) is 2.18. The lowest BCUT2D eigenvalue weighted by Gasteiger charge is -2.11. The monoisotopic (exact) mass is 260 g/mol. The van der Waals surface area contributed by atoms with Gasteiger partial charge in [0.05, 0.1) is 0 Å². The molecule has 0 fully saturated rings. The smallest absolute Gasteiger partial charge is 0.328 e. The van der Waals surface area contributed by atoms with Crippen LogP contribution in [0.2, 0.25) is 0 Å². The highest BCUT2D eigenvalue weighted by molar-refractivity contribution is 5.90. The molecule has 0 aliphatic heterocycles. The van der Waals surface area contributed by atoms with E-state index in [0.717, 1.165) is 24.0 Å². The molecule has 2 heteroatoms. The highest BCUT2D eigenvalue weighted by atomic mass is 16.4. The second kappa shape index (κ2) is 7.13. The van der Waals surface area contributed by atoms with Gasteiger partial charge in [-0.25, -0.2) is 4.79 Å².